The van der Waals surface area contributed by atoms with Crippen molar-refractivity contribution < 1.29 is 9.94 Å². The molecule has 0 spiro atoms. The Kier molecular flexibility index (Phi) is 3.30. The molecule has 0 aliphatic carbocycles. The third kappa shape index (κ3) is 2.57. The Hall–Kier alpha value is -3.22. The van der Waals surface area contributed by atoms with Crippen LogP contribution in [0.25, 0.3) is 10.9 Å². The summed E-state index contributed by atoms with van der Waals surface area (Å²) in [7, 11) is 0. The highest BCUT2D eigenvalue weighted by Crippen LogP contribution is 2.26. The summed E-state index contributed by atoms with van der Waals surface area (Å²) >= 11 is 0. The van der Waals surface area contributed by atoms with Crippen LogP contribution in [0.3, 0.4) is 0 Å². The van der Waals surface area contributed by atoms with E-state index in [9.17, 15) is 0 Å². The van der Waals surface area contributed by atoms with E-state index < -0.39 is 0 Å². The second-order valence-corrected chi connectivity index (χ2v) is 4.14. The number of hydrogen-bond acceptors (Lipinski definition) is 6. The summed E-state index contributed by atoms with van der Waals surface area (Å²) in [5, 5.41) is 12.5. The molecule has 0 saturated carbocycles. The van der Waals surface area contributed by atoms with Crippen LogP contribution >= 0.6 is 0 Å². The number of para-hydroxylation sites is 1. The van der Waals surface area contributed by atoms with E-state index in [0.717, 1.165) is 5.39 Å². The van der Waals surface area contributed by atoms with Crippen LogP contribution in [0, 0.1) is 0 Å². The van der Waals surface area contributed by atoms with Crippen molar-refractivity contribution in [1.29, 1.82) is 0 Å². The fraction of sp³-hybridized carbons (Fsp3) is 0. The summed E-state index contributed by atoms with van der Waals surface area (Å²) in [6, 6.07) is 11.0. The summed E-state index contributed by atoms with van der Waals surface area (Å²) in [6.07, 6.45) is 3.15. The molecule has 1 aromatic carbocycles. The molecule has 7 nitrogen and oxygen atoms in total. The molecule has 0 atom stereocenters. The number of nitrogens with zero attached hydrogens (tertiary/aromatic N) is 4. The number of benzene rings is 1. The minimum atomic E-state index is -0.113. The summed E-state index contributed by atoms with van der Waals surface area (Å²) in [5.74, 6) is 0.419. The summed E-state index contributed by atoms with van der Waals surface area (Å²) < 4.78 is 5.65. The zero-order valence-electron chi connectivity index (χ0n) is 10.8. The van der Waals surface area contributed by atoms with E-state index in [2.05, 4.69) is 20.1 Å². The monoisotopic (exact) mass is 281 g/mol. The quantitative estimate of drug-likeness (QED) is 0.329. The fourth-order valence-electron chi connectivity index (χ4n) is 1.84. The maximum absolute atomic E-state index is 8.66. The van der Waals surface area contributed by atoms with Gasteiger partial charge in [-0.25, -0.2) is 4.98 Å². The molecule has 0 aliphatic heterocycles. The minimum absolute atomic E-state index is 0.0947. The van der Waals surface area contributed by atoms with Gasteiger partial charge in [-0.2, -0.15) is 4.98 Å². The van der Waals surface area contributed by atoms with Gasteiger partial charge in [-0.05, 0) is 18.2 Å². The van der Waals surface area contributed by atoms with E-state index >= 15 is 0 Å². The molecular weight excluding hydrogens is 270 g/mol. The zero-order valence-corrected chi connectivity index (χ0v) is 10.8. The lowest BCUT2D eigenvalue weighted by Crippen LogP contribution is -2.15. The number of amidine groups is 1. The van der Waals surface area contributed by atoms with Gasteiger partial charge >= 0.3 is 6.01 Å². The third-order valence-electron chi connectivity index (χ3n) is 2.80. The van der Waals surface area contributed by atoms with Crippen LogP contribution in [-0.4, -0.2) is 26.0 Å². The van der Waals surface area contributed by atoms with E-state index in [1.54, 1.807) is 12.3 Å². The van der Waals surface area contributed by atoms with Crippen molar-refractivity contribution in [1.82, 2.24) is 15.0 Å². The molecule has 0 aliphatic rings. The van der Waals surface area contributed by atoms with Crippen molar-refractivity contribution in [2.45, 2.75) is 0 Å². The van der Waals surface area contributed by atoms with Crippen LogP contribution in [0.1, 0.15) is 5.69 Å². The molecule has 3 N–H and O–H groups in total. The number of oxime groups is 1. The second-order valence-electron chi connectivity index (χ2n) is 4.14. The number of fused-ring (bicyclic) bond motifs is 1. The Bertz CT molecular complexity index is 814. The van der Waals surface area contributed by atoms with Crippen LogP contribution < -0.4 is 10.5 Å². The number of ether oxygens (including phenoxy) is 1. The molecule has 0 amide bonds. The maximum Gasteiger partial charge on any atom is 0.322 e. The van der Waals surface area contributed by atoms with Gasteiger partial charge in [0, 0.05) is 17.8 Å². The number of pyridine rings is 1. The topological polar surface area (TPSA) is 107 Å². The number of rotatable bonds is 3. The molecule has 3 rings (SSSR count). The van der Waals surface area contributed by atoms with Gasteiger partial charge in [0.05, 0.1) is 0 Å². The second kappa shape index (κ2) is 5.41. The largest absolute Gasteiger partial charge is 0.422 e. The number of hydrogen-bond donors (Lipinski definition) is 2. The van der Waals surface area contributed by atoms with Crippen molar-refractivity contribution >= 4 is 16.7 Å². The summed E-state index contributed by atoms with van der Waals surface area (Å²) in [4.78, 5) is 12.4. The lowest BCUT2D eigenvalue weighted by Gasteiger charge is -2.07. The average molecular weight is 281 g/mol. The van der Waals surface area contributed by atoms with E-state index in [1.807, 2.05) is 24.3 Å². The third-order valence-corrected chi connectivity index (χ3v) is 2.80. The molecule has 7 heteroatoms. The van der Waals surface area contributed by atoms with E-state index in [4.69, 9.17) is 15.7 Å². The van der Waals surface area contributed by atoms with Crippen LogP contribution in [0.2, 0.25) is 0 Å². The Labute approximate surface area is 119 Å². The molecule has 0 radical (unpaired) electrons. The molecule has 21 heavy (non-hydrogen) atoms. The lowest BCUT2D eigenvalue weighted by atomic mass is 10.2. The fourth-order valence-corrected chi connectivity index (χ4v) is 1.84. The first kappa shape index (κ1) is 12.8. The first-order chi connectivity index (χ1) is 10.3. The molecule has 0 unspecified atom stereocenters. The van der Waals surface area contributed by atoms with Gasteiger partial charge in [0.2, 0.25) is 0 Å². The van der Waals surface area contributed by atoms with Crippen molar-refractivity contribution in [3.05, 3.63) is 54.5 Å². The van der Waals surface area contributed by atoms with Gasteiger partial charge in [-0.15, -0.1) is 0 Å². The van der Waals surface area contributed by atoms with Gasteiger partial charge in [0.1, 0.15) is 11.2 Å². The number of nitrogens with two attached hydrogens (primary N) is 1. The van der Waals surface area contributed by atoms with Crippen LogP contribution in [-0.2, 0) is 0 Å². The molecule has 2 heterocycles. The predicted octanol–water partition coefficient (Wildman–Crippen LogP) is 1.91. The van der Waals surface area contributed by atoms with E-state index in [0.29, 0.717) is 11.3 Å². The highest BCUT2D eigenvalue weighted by Gasteiger charge is 2.08. The predicted molar refractivity (Wildman–Crippen MR) is 76.4 cm³/mol. The molecule has 0 fully saturated rings. The average Bonchev–Trinajstić information content (AvgIpc) is 2.55. The smallest absolute Gasteiger partial charge is 0.322 e. The Balaban J connectivity index is 1.99. The normalized spacial score (nSPS) is 11.5. The Morgan fingerprint density at radius 2 is 1.95 bits per heavy atom. The molecular formula is C14H11N5O2. The van der Waals surface area contributed by atoms with Crippen LogP contribution in [0.15, 0.2) is 53.9 Å². The van der Waals surface area contributed by atoms with Crippen molar-refractivity contribution in [3.8, 4) is 11.8 Å². The van der Waals surface area contributed by atoms with E-state index in [-0.39, 0.29) is 17.5 Å². The Morgan fingerprint density at radius 1 is 1.10 bits per heavy atom. The molecule has 104 valence electrons. The molecule has 3 aromatic rings. The van der Waals surface area contributed by atoms with Crippen molar-refractivity contribution in [3.63, 3.8) is 0 Å². The summed E-state index contributed by atoms with van der Waals surface area (Å²) in [5.41, 5.74) is 6.47. The van der Waals surface area contributed by atoms with Crippen molar-refractivity contribution in [2.24, 2.45) is 10.9 Å². The van der Waals surface area contributed by atoms with Gasteiger partial charge in [-0.1, -0.05) is 23.4 Å². The number of aromatic nitrogens is 3. The van der Waals surface area contributed by atoms with Gasteiger partial charge in [0.15, 0.2) is 11.6 Å². The first-order valence-corrected chi connectivity index (χ1v) is 6.10. The summed E-state index contributed by atoms with van der Waals surface area (Å²) in [6.45, 7) is 0. The van der Waals surface area contributed by atoms with Crippen LogP contribution in [0.4, 0.5) is 0 Å². The van der Waals surface area contributed by atoms with Gasteiger partial charge < -0.3 is 15.7 Å². The first-order valence-electron chi connectivity index (χ1n) is 6.10. The minimum Gasteiger partial charge on any atom is -0.422 e. The van der Waals surface area contributed by atoms with Crippen molar-refractivity contribution in [2.75, 3.05) is 0 Å². The highest BCUT2D eigenvalue weighted by molar-refractivity contribution is 5.95. The standard InChI is InChI=1S/C14H11N5O2/c15-13(19-20)10-6-8-17-14(18-10)21-11-5-1-3-9-4-2-7-16-12(9)11/h1-8,20H,(H2,15,19). The molecule has 2 aromatic heterocycles. The van der Waals surface area contributed by atoms with Gasteiger partial charge in [-0.3, -0.25) is 4.98 Å². The SMILES string of the molecule is N/C(=N/O)c1ccnc(Oc2cccc3cccnc23)n1. The maximum atomic E-state index is 8.66. The van der Waals surface area contributed by atoms with E-state index in [1.165, 1.54) is 12.3 Å². The van der Waals surface area contributed by atoms with Crippen LogP contribution in [0.5, 0.6) is 11.8 Å². The highest BCUT2D eigenvalue weighted by atomic mass is 16.5. The zero-order chi connectivity index (χ0) is 14.7. The lowest BCUT2D eigenvalue weighted by molar-refractivity contribution is 0.318. The van der Waals surface area contributed by atoms with Gasteiger partial charge in [0.25, 0.3) is 0 Å². The Morgan fingerprint density at radius 3 is 2.81 bits per heavy atom. The molecule has 0 bridgehead atoms. The molecule has 0 saturated heterocycles.